The minimum absolute atomic E-state index is 0.0897. The predicted octanol–water partition coefficient (Wildman–Crippen LogP) is 2.55. The number of nitro groups is 1. The third-order valence-corrected chi connectivity index (χ3v) is 3.29. The molecule has 0 aliphatic carbocycles. The quantitative estimate of drug-likeness (QED) is 0.297. The van der Waals surface area contributed by atoms with Gasteiger partial charge in [0.2, 0.25) is 0 Å². The number of non-ortho nitro benzene ring substituents is 1. The van der Waals surface area contributed by atoms with Crippen LogP contribution in [0.4, 0.5) is 11.4 Å². The number of carbonyl (C=O) groups is 2. The van der Waals surface area contributed by atoms with E-state index in [1.807, 2.05) is 6.92 Å². The lowest BCUT2D eigenvalue weighted by Crippen LogP contribution is -2.31. The molecule has 0 unspecified atom stereocenters. The summed E-state index contributed by atoms with van der Waals surface area (Å²) in [5, 5.41) is 11.0. The number of amides is 1. The molecule has 0 fully saturated rings. The summed E-state index contributed by atoms with van der Waals surface area (Å²) in [5.41, 5.74) is -0.0109. The van der Waals surface area contributed by atoms with E-state index >= 15 is 0 Å². The van der Waals surface area contributed by atoms with E-state index in [1.54, 1.807) is 6.92 Å². The van der Waals surface area contributed by atoms with Crippen LogP contribution in [0.5, 0.6) is 0 Å². The van der Waals surface area contributed by atoms with Gasteiger partial charge in [-0.15, -0.1) is 0 Å². The van der Waals surface area contributed by atoms with Gasteiger partial charge in [-0.3, -0.25) is 14.9 Å². The van der Waals surface area contributed by atoms with Gasteiger partial charge in [-0.1, -0.05) is 13.3 Å². The number of rotatable bonds is 9. The first-order chi connectivity index (χ1) is 11.4. The molecule has 0 saturated carbocycles. The number of benzene rings is 1. The highest BCUT2D eigenvalue weighted by Crippen LogP contribution is 2.26. The number of hydrogen-bond acceptors (Lipinski definition) is 6. The van der Waals surface area contributed by atoms with Gasteiger partial charge in [0.1, 0.15) is 6.61 Å². The van der Waals surface area contributed by atoms with E-state index in [0.717, 1.165) is 12.8 Å². The molecule has 1 aromatic rings. The van der Waals surface area contributed by atoms with Crippen molar-refractivity contribution >= 4 is 23.3 Å². The lowest BCUT2D eigenvalue weighted by molar-refractivity contribution is -0.384. The fourth-order valence-corrected chi connectivity index (χ4v) is 1.93. The van der Waals surface area contributed by atoms with Crippen LogP contribution in [-0.2, 0) is 14.3 Å². The number of likely N-dealkylation sites (N-methyl/N-ethyl adjacent to an activating group) is 1. The van der Waals surface area contributed by atoms with Gasteiger partial charge in [0.25, 0.3) is 11.6 Å². The molecule has 0 atom stereocenters. The van der Waals surface area contributed by atoms with E-state index in [0.29, 0.717) is 6.61 Å². The monoisotopic (exact) mass is 338 g/mol. The molecule has 1 rings (SSSR count). The number of ether oxygens (including phenoxy) is 2. The van der Waals surface area contributed by atoms with Crippen LogP contribution in [0.15, 0.2) is 18.2 Å². The average Bonchev–Trinajstić information content (AvgIpc) is 2.57. The summed E-state index contributed by atoms with van der Waals surface area (Å²) in [6.45, 7) is 4.11. The fraction of sp³-hybridized carbons (Fsp3) is 0.500. The number of nitro benzene ring substituents is 1. The first-order valence-corrected chi connectivity index (χ1v) is 7.72. The summed E-state index contributed by atoms with van der Waals surface area (Å²) >= 11 is 0. The molecule has 1 amide bonds. The van der Waals surface area contributed by atoms with Gasteiger partial charge in [0.15, 0.2) is 0 Å². The zero-order valence-electron chi connectivity index (χ0n) is 14.1. The minimum atomic E-state index is -0.644. The summed E-state index contributed by atoms with van der Waals surface area (Å²) in [4.78, 5) is 35.8. The summed E-state index contributed by atoms with van der Waals surface area (Å²) in [5.74, 6) is -1.05. The van der Waals surface area contributed by atoms with Gasteiger partial charge in [0, 0.05) is 25.8 Å². The van der Waals surface area contributed by atoms with Crippen LogP contribution < -0.4 is 4.90 Å². The van der Waals surface area contributed by atoms with Crippen LogP contribution in [0.3, 0.4) is 0 Å². The smallest absolute Gasteiger partial charge is 0.340 e. The molecule has 0 N–H and O–H groups in total. The number of anilines is 1. The van der Waals surface area contributed by atoms with Gasteiger partial charge in [-0.05, 0) is 19.4 Å². The van der Waals surface area contributed by atoms with E-state index in [4.69, 9.17) is 9.47 Å². The Bertz CT molecular complexity index is 602. The molecule has 24 heavy (non-hydrogen) atoms. The molecule has 0 saturated heterocycles. The molecule has 0 radical (unpaired) electrons. The molecule has 8 nitrogen and oxygen atoms in total. The Morgan fingerprint density at radius 1 is 1.29 bits per heavy atom. The van der Waals surface area contributed by atoms with Gasteiger partial charge in [-0.2, -0.15) is 0 Å². The molecule has 0 aliphatic heterocycles. The molecular formula is C16H22N2O6. The Labute approximate surface area is 140 Å². The maximum atomic E-state index is 12.2. The number of esters is 1. The third kappa shape index (κ3) is 5.31. The van der Waals surface area contributed by atoms with Crippen LogP contribution in [0, 0.1) is 10.1 Å². The van der Waals surface area contributed by atoms with Gasteiger partial charge < -0.3 is 14.4 Å². The van der Waals surface area contributed by atoms with Gasteiger partial charge >= 0.3 is 5.97 Å². The largest absolute Gasteiger partial charge is 0.462 e. The van der Waals surface area contributed by atoms with Crippen molar-refractivity contribution in [1.29, 1.82) is 0 Å². The Morgan fingerprint density at radius 2 is 2.00 bits per heavy atom. The lowest BCUT2D eigenvalue weighted by Gasteiger charge is -2.20. The molecule has 0 spiro atoms. The molecule has 0 aliphatic rings. The maximum absolute atomic E-state index is 12.2. The van der Waals surface area contributed by atoms with Crippen molar-refractivity contribution in [3.8, 4) is 0 Å². The average molecular weight is 338 g/mol. The Morgan fingerprint density at radius 3 is 2.58 bits per heavy atom. The second kappa shape index (κ2) is 9.61. The van der Waals surface area contributed by atoms with E-state index in [1.165, 1.54) is 30.1 Å². The third-order valence-electron chi connectivity index (χ3n) is 3.29. The van der Waals surface area contributed by atoms with E-state index in [2.05, 4.69) is 0 Å². The number of nitrogens with zero attached hydrogens (tertiary/aromatic N) is 2. The molecule has 0 heterocycles. The van der Waals surface area contributed by atoms with Crippen molar-refractivity contribution in [2.24, 2.45) is 0 Å². The minimum Gasteiger partial charge on any atom is -0.462 e. The molecule has 0 bridgehead atoms. The topological polar surface area (TPSA) is 99.0 Å². The van der Waals surface area contributed by atoms with Crippen molar-refractivity contribution in [3.05, 3.63) is 33.9 Å². The standard InChI is InChI=1S/C16H22N2O6/c1-4-6-9-23-11-15(19)17(3)14-10-12(18(21)22)7-8-13(14)16(20)24-5-2/h7-8,10H,4-6,9,11H2,1-3H3. The molecule has 8 heteroatoms. The lowest BCUT2D eigenvalue weighted by atomic mass is 10.1. The van der Waals surface area contributed by atoms with Crippen LogP contribution in [-0.4, -0.2) is 43.7 Å². The van der Waals surface area contributed by atoms with Crippen LogP contribution in [0.1, 0.15) is 37.0 Å². The van der Waals surface area contributed by atoms with Crippen LogP contribution in [0.2, 0.25) is 0 Å². The zero-order chi connectivity index (χ0) is 18.1. The first-order valence-electron chi connectivity index (χ1n) is 7.72. The normalized spacial score (nSPS) is 10.3. The van der Waals surface area contributed by atoms with Crippen molar-refractivity contribution in [2.75, 3.05) is 31.8 Å². The predicted molar refractivity (Wildman–Crippen MR) is 88.2 cm³/mol. The van der Waals surface area contributed by atoms with Crippen LogP contribution >= 0.6 is 0 Å². The van der Waals surface area contributed by atoms with Crippen molar-refractivity contribution < 1.29 is 24.0 Å². The van der Waals surface area contributed by atoms with Gasteiger partial charge in [0.05, 0.1) is 22.8 Å². The highest BCUT2D eigenvalue weighted by molar-refractivity contribution is 6.03. The molecule has 1 aromatic carbocycles. The van der Waals surface area contributed by atoms with E-state index in [9.17, 15) is 19.7 Å². The van der Waals surface area contributed by atoms with Gasteiger partial charge in [-0.25, -0.2) is 4.79 Å². The van der Waals surface area contributed by atoms with Crippen molar-refractivity contribution in [3.63, 3.8) is 0 Å². The summed E-state index contributed by atoms with van der Waals surface area (Å²) in [7, 11) is 1.44. The summed E-state index contributed by atoms with van der Waals surface area (Å²) < 4.78 is 10.2. The second-order valence-electron chi connectivity index (χ2n) is 5.04. The SMILES string of the molecule is CCCCOCC(=O)N(C)c1cc([N+](=O)[O-])ccc1C(=O)OCC. The fourth-order valence-electron chi connectivity index (χ4n) is 1.93. The summed E-state index contributed by atoms with van der Waals surface area (Å²) in [6.07, 6.45) is 1.78. The number of carbonyl (C=O) groups excluding carboxylic acids is 2. The maximum Gasteiger partial charge on any atom is 0.340 e. The highest BCUT2D eigenvalue weighted by Gasteiger charge is 2.22. The van der Waals surface area contributed by atoms with Crippen molar-refractivity contribution in [2.45, 2.75) is 26.7 Å². The number of hydrogen-bond donors (Lipinski definition) is 0. The van der Waals surface area contributed by atoms with Crippen LogP contribution in [0.25, 0.3) is 0 Å². The highest BCUT2D eigenvalue weighted by atomic mass is 16.6. The molecular weight excluding hydrogens is 316 g/mol. The Hall–Kier alpha value is -2.48. The first kappa shape index (κ1) is 19.6. The van der Waals surface area contributed by atoms with E-state index < -0.39 is 16.8 Å². The summed E-state index contributed by atoms with van der Waals surface area (Å²) in [6, 6.07) is 3.66. The van der Waals surface area contributed by atoms with Crippen molar-refractivity contribution in [1.82, 2.24) is 0 Å². The molecule has 0 aromatic heterocycles. The Kier molecular flexibility index (Phi) is 7.84. The molecule has 132 valence electrons. The number of unbranched alkanes of at least 4 members (excludes halogenated alkanes) is 1. The zero-order valence-corrected chi connectivity index (χ0v) is 14.1. The Balaban J connectivity index is 3.03. The van der Waals surface area contributed by atoms with E-state index in [-0.39, 0.29) is 30.2 Å². The second-order valence-corrected chi connectivity index (χ2v) is 5.04.